The van der Waals surface area contributed by atoms with E-state index >= 15 is 0 Å². The number of carbonyl (C=O) groups excluding carboxylic acids is 2. The number of hydrogen-bond donors (Lipinski definition) is 3. The second-order valence-electron chi connectivity index (χ2n) is 7.45. The van der Waals surface area contributed by atoms with Gasteiger partial charge in [-0.3, -0.25) is 9.59 Å². The van der Waals surface area contributed by atoms with E-state index in [1.807, 2.05) is 19.9 Å². The van der Waals surface area contributed by atoms with E-state index in [0.29, 0.717) is 37.7 Å². The van der Waals surface area contributed by atoms with Gasteiger partial charge in [-0.15, -0.1) is 0 Å². The molecule has 3 N–H and O–H groups in total. The lowest BCUT2D eigenvalue weighted by Crippen LogP contribution is -2.48. The van der Waals surface area contributed by atoms with Gasteiger partial charge in [0.2, 0.25) is 5.91 Å². The van der Waals surface area contributed by atoms with Gasteiger partial charge >= 0.3 is 12.0 Å². The molecular weight excluding hydrogens is 346 g/mol. The van der Waals surface area contributed by atoms with Crippen LogP contribution in [0.15, 0.2) is 24.3 Å². The zero-order chi connectivity index (χ0) is 19.8. The molecular formula is C20H29N3O4. The van der Waals surface area contributed by atoms with Crippen molar-refractivity contribution in [2.24, 2.45) is 11.8 Å². The Morgan fingerprint density at radius 3 is 2.78 bits per heavy atom. The summed E-state index contributed by atoms with van der Waals surface area (Å²) in [5.41, 5.74) is 1.53. The van der Waals surface area contributed by atoms with Gasteiger partial charge in [0.05, 0.1) is 5.92 Å². The lowest BCUT2D eigenvalue weighted by Gasteiger charge is -2.32. The number of carbonyl (C=O) groups is 3. The van der Waals surface area contributed by atoms with Gasteiger partial charge in [-0.1, -0.05) is 26.0 Å². The molecule has 0 spiro atoms. The van der Waals surface area contributed by atoms with Gasteiger partial charge in [0.1, 0.15) is 0 Å². The van der Waals surface area contributed by atoms with Crippen LogP contribution >= 0.6 is 0 Å². The molecule has 7 nitrogen and oxygen atoms in total. The van der Waals surface area contributed by atoms with Gasteiger partial charge < -0.3 is 20.6 Å². The topological polar surface area (TPSA) is 98.7 Å². The zero-order valence-corrected chi connectivity index (χ0v) is 16.0. The summed E-state index contributed by atoms with van der Waals surface area (Å²) in [7, 11) is 0. The van der Waals surface area contributed by atoms with Crippen molar-refractivity contribution < 1.29 is 19.5 Å². The van der Waals surface area contributed by atoms with Crippen LogP contribution in [-0.4, -0.2) is 47.5 Å². The third-order valence-corrected chi connectivity index (χ3v) is 4.56. The van der Waals surface area contributed by atoms with E-state index in [-0.39, 0.29) is 24.3 Å². The quantitative estimate of drug-likeness (QED) is 0.682. The highest BCUT2D eigenvalue weighted by molar-refractivity contribution is 5.93. The van der Waals surface area contributed by atoms with E-state index in [4.69, 9.17) is 5.11 Å². The Morgan fingerprint density at radius 1 is 1.30 bits per heavy atom. The number of nitrogens with one attached hydrogen (secondary N) is 2. The molecule has 0 radical (unpaired) electrons. The minimum absolute atomic E-state index is 0.0560. The summed E-state index contributed by atoms with van der Waals surface area (Å²) in [6.07, 6.45) is 2.02. The Kier molecular flexibility index (Phi) is 7.64. The fourth-order valence-electron chi connectivity index (χ4n) is 3.08. The number of piperidine rings is 1. The lowest BCUT2D eigenvalue weighted by atomic mass is 9.97. The third kappa shape index (κ3) is 6.92. The molecule has 1 unspecified atom stereocenters. The van der Waals surface area contributed by atoms with E-state index in [0.717, 1.165) is 18.4 Å². The minimum atomic E-state index is -0.845. The zero-order valence-electron chi connectivity index (χ0n) is 16.0. The molecule has 3 amide bonds. The highest BCUT2D eigenvalue weighted by atomic mass is 16.4. The van der Waals surface area contributed by atoms with E-state index in [9.17, 15) is 14.4 Å². The molecule has 7 heteroatoms. The van der Waals surface area contributed by atoms with Crippen LogP contribution in [0, 0.1) is 11.8 Å². The number of hydrogen-bond acceptors (Lipinski definition) is 3. The number of carboxylic acid groups (broad SMARTS) is 1. The highest BCUT2D eigenvalue weighted by Crippen LogP contribution is 2.20. The lowest BCUT2D eigenvalue weighted by molar-refractivity contribution is -0.137. The largest absolute Gasteiger partial charge is 0.481 e. The number of nitrogens with zero attached hydrogens (tertiary/aromatic N) is 1. The van der Waals surface area contributed by atoms with Crippen LogP contribution < -0.4 is 10.6 Å². The van der Waals surface area contributed by atoms with Gasteiger partial charge in [-0.2, -0.15) is 0 Å². The average Bonchev–Trinajstić information content (AvgIpc) is 2.64. The van der Waals surface area contributed by atoms with Crippen LogP contribution in [0.1, 0.15) is 38.7 Å². The molecule has 1 fully saturated rings. The Bertz CT molecular complexity index is 675. The molecule has 148 valence electrons. The summed E-state index contributed by atoms with van der Waals surface area (Å²) in [5, 5.41) is 14.6. The number of carboxylic acids is 1. The predicted octanol–water partition coefficient (Wildman–Crippen LogP) is 2.72. The van der Waals surface area contributed by atoms with Gasteiger partial charge in [0, 0.05) is 31.7 Å². The molecule has 1 heterocycles. The maximum absolute atomic E-state index is 12.6. The monoisotopic (exact) mass is 375 g/mol. The average molecular weight is 375 g/mol. The number of likely N-dealkylation sites (tertiary alicyclic amines) is 1. The van der Waals surface area contributed by atoms with Crippen molar-refractivity contribution in [3.63, 3.8) is 0 Å². The number of anilines is 1. The maximum Gasteiger partial charge on any atom is 0.317 e. The number of benzene rings is 1. The molecule has 1 aromatic rings. The van der Waals surface area contributed by atoms with Crippen LogP contribution in [0.25, 0.3) is 0 Å². The minimum Gasteiger partial charge on any atom is -0.481 e. The molecule has 27 heavy (non-hydrogen) atoms. The van der Waals surface area contributed by atoms with Crippen molar-refractivity contribution in [1.29, 1.82) is 0 Å². The fourth-order valence-corrected chi connectivity index (χ4v) is 3.08. The van der Waals surface area contributed by atoms with Crippen LogP contribution in [-0.2, 0) is 16.0 Å². The first-order chi connectivity index (χ1) is 12.8. The van der Waals surface area contributed by atoms with Crippen LogP contribution in [0.2, 0.25) is 0 Å². The van der Waals surface area contributed by atoms with E-state index in [1.165, 1.54) is 0 Å². The van der Waals surface area contributed by atoms with Crippen molar-refractivity contribution in [3.8, 4) is 0 Å². The van der Waals surface area contributed by atoms with Gasteiger partial charge in [-0.25, -0.2) is 4.79 Å². The van der Waals surface area contributed by atoms with E-state index in [2.05, 4.69) is 10.6 Å². The summed E-state index contributed by atoms with van der Waals surface area (Å²) in [5.74, 6) is -0.813. The summed E-state index contributed by atoms with van der Waals surface area (Å²) >= 11 is 0. The molecule has 0 aromatic heterocycles. The molecule has 0 saturated carbocycles. The smallest absolute Gasteiger partial charge is 0.317 e. The molecule has 1 atom stereocenters. The van der Waals surface area contributed by atoms with Crippen LogP contribution in [0.3, 0.4) is 0 Å². The van der Waals surface area contributed by atoms with Gasteiger partial charge in [0.15, 0.2) is 0 Å². The molecule has 1 aliphatic heterocycles. The van der Waals surface area contributed by atoms with Crippen molar-refractivity contribution >= 4 is 23.6 Å². The molecule has 0 aliphatic carbocycles. The molecule has 1 aliphatic rings. The van der Waals surface area contributed by atoms with Gasteiger partial charge in [-0.05, 0) is 42.9 Å². The second kappa shape index (κ2) is 9.94. The van der Waals surface area contributed by atoms with Crippen molar-refractivity contribution in [1.82, 2.24) is 10.2 Å². The Hall–Kier alpha value is -2.57. The van der Waals surface area contributed by atoms with E-state index in [1.54, 1.807) is 23.1 Å². The second-order valence-corrected chi connectivity index (χ2v) is 7.45. The standard InChI is InChI=1S/C20H29N3O4/c1-14(2)12-21-20(27)23-10-4-6-16(13-23)19(26)22-17-7-3-5-15(11-17)8-9-18(24)25/h3,5,7,11,14,16H,4,6,8-10,12-13H2,1-2H3,(H,21,27)(H,22,26)(H,24,25). The van der Waals surface area contributed by atoms with Crippen molar-refractivity contribution in [3.05, 3.63) is 29.8 Å². The van der Waals surface area contributed by atoms with Gasteiger partial charge in [0.25, 0.3) is 0 Å². The number of aryl methyl sites for hydroxylation is 1. The first kappa shape index (κ1) is 20.7. The third-order valence-electron chi connectivity index (χ3n) is 4.56. The molecule has 1 aromatic carbocycles. The van der Waals surface area contributed by atoms with E-state index < -0.39 is 5.97 Å². The number of amides is 3. The number of aliphatic carboxylic acids is 1. The Morgan fingerprint density at radius 2 is 2.07 bits per heavy atom. The molecule has 0 bridgehead atoms. The van der Waals surface area contributed by atoms with Crippen LogP contribution in [0.4, 0.5) is 10.5 Å². The summed E-state index contributed by atoms with van der Waals surface area (Å²) in [4.78, 5) is 37.3. The SMILES string of the molecule is CC(C)CNC(=O)N1CCCC(C(=O)Nc2cccc(CCC(=O)O)c2)C1. The Labute approximate surface area is 160 Å². The van der Waals surface area contributed by atoms with Crippen molar-refractivity contribution in [2.75, 3.05) is 25.0 Å². The highest BCUT2D eigenvalue weighted by Gasteiger charge is 2.28. The molecule has 1 saturated heterocycles. The predicted molar refractivity (Wildman–Crippen MR) is 104 cm³/mol. The first-order valence-corrected chi connectivity index (χ1v) is 9.49. The van der Waals surface area contributed by atoms with Crippen molar-refractivity contribution in [2.45, 2.75) is 39.5 Å². The maximum atomic E-state index is 12.6. The normalized spacial score (nSPS) is 16.9. The first-order valence-electron chi connectivity index (χ1n) is 9.49. The number of rotatable bonds is 7. The fraction of sp³-hybridized carbons (Fsp3) is 0.550. The summed E-state index contributed by atoms with van der Waals surface area (Å²) in [6.45, 7) is 5.77. The summed E-state index contributed by atoms with van der Waals surface area (Å²) < 4.78 is 0. The van der Waals surface area contributed by atoms with Crippen LogP contribution in [0.5, 0.6) is 0 Å². The Balaban J connectivity index is 1.90. The molecule has 2 rings (SSSR count). The number of urea groups is 1. The summed E-state index contributed by atoms with van der Waals surface area (Å²) in [6, 6.07) is 7.13.